The second-order valence-corrected chi connectivity index (χ2v) is 6.43. The molecule has 0 saturated heterocycles. The van der Waals surface area contributed by atoms with Crippen molar-refractivity contribution in [1.29, 1.82) is 0 Å². The van der Waals surface area contributed by atoms with E-state index in [4.69, 9.17) is 14.2 Å². The van der Waals surface area contributed by atoms with Crippen LogP contribution in [0.3, 0.4) is 0 Å². The third-order valence-corrected chi connectivity index (χ3v) is 4.57. The number of carbonyl (C=O) groups is 2. The minimum absolute atomic E-state index is 0.220. The first-order chi connectivity index (χ1) is 12.6. The molecule has 0 saturated carbocycles. The third-order valence-electron chi connectivity index (χ3n) is 4.57. The van der Waals surface area contributed by atoms with Crippen molar-refractivity contribution in [3.05, 3.63) is 59.2 Å². The molecule has 0 bridgehead atoms. The molecule has 0 unspecified atom stereocenters. The Hall–Kier alpha value is -3.02. The van der Waals surface area contributed by atoms with Crippen LogP contribution in [0, 0.1) is 0 Å². The number of likely N-dealkylation sites (N-methyl/N-ethyl adjacent to an activating group) is 1. The molecule has 6 nitrogen and oxygen atoms in total. The molecule has 0 fully saturated rings. The average Bonchev–Trinajstić information content (AvgIpc) is 2.67. The first kappa shape index (κ1) is 16.4. The molecule has 6 heteroatoms. The van der Waals surface area contributed by atoms with E-state index in [-0.39, 0.29) is 5.91 Å². The minimum atomic E-state index is -0.792. The highest BCUT2D eigenvalue weighted by Crippen LogP contribution is 2.31. The number of hydrogen-bond acceptors (Lipinski definition) is 5. The van der Waals surface area contributed by atoms with E-state index in [1.54, 1.807) is 24.1 Å². The molecule has 2 heterocycles. The molecule has 134 valence electrons. The first-order valence-electron chi connectivity index (χ1n) is 8.54. The maximum absolute atomic E-state index is 12.7. The Balaban J connectivity index is 1.46. The Labute approximate surface area is 151 Å². The Bertz CT molecular complexity index is 863. The van der Waals surface area contributed by atoms with Gasteiger partial charge in [-0.1, -0.05) is 24.3 Å². The van der Waals surface area contributed by atoms with Gasteiger partial charge in [0.15, 0.2) is 17.6 Å². The number of carbonyl (C=O) groups excluding carboxylic acids is 2. The predicted molar refractivity (Wildman–Crippen MR) is 93.3 cm³/mol. The van der Waals surface area contributed by atoms with Crippen LogP contribution in [0.2, 0.25) is 0 Å². The zero-order valence-corrected chi connectivity index (χ0v) is 14.4. The van der Waals surface area contributed by atoms with E-state index < -0.39 is 12.1 Å². The monoisotopic (exact) mass is 353 g/mol. The molecule has 0 radical (unpaired) electrons. The maximum Gasteiger partial charge on any atom is 0.339 e. The Morgan fingerprint density at radius 1 is 1.12 bits per heavy atom. The summed E-state index contributed by atoms with van der Waals surface area (Å²) in [6.45, 7) is 1.45. The second-order valence-electron chi connectivity index (χ2n) is 6.43. The largest absolute Gasteiger partial charge is 0.486 e. The Kier molecular flexibility index (Phi) is 4.24. The van der Waals surface area contributed by atoms with Crippen molar-refractivity contribution in [2.24, 2.45) is 0 Å². The number of cyclic esters (lactones) is 1. The highest BCUT2D eigenvalue weighted by molar-refractivity contribution is 5.95. The lowest BCUT2D eigenvalue weighted by Gasteiger charge is -2.28. The summed E-state index contributed by atoms with van der Waals surface area (Å²) in [5.74, 6) is 0.736. The molecule has 2 aliphatic heterocycles. The number of fused-ring (bicyclic) bond motifs is 2. The fourth-order valence-corrected chi connectivity index (χ4v) is 3.25. The first-order valence-corrected chi connectivity index (χ1v) is 8.54. The summed E-state index contributed by atoms with van der Waals surface area (Å²) in [7, 11) is 1.70. The van der Waals surface area contributed by atoms with Crippen LogP contribution < -0.4 is 9.47 Å². The lowest BCUT2D eigenvalue weighted by Crippen LogP contribution is -2.42. The quantitative estimate of drug-likeness (QED) is 0.792. The molecule has 0 spiro atoms. The summed E-state index contributed by atoms with van der Waals surface area (Å²) >= 11 is 0. The molecule has 0 aromatic heterocycles. The SMILES string of the molecule is CN(Cc1ccc2c(c1)OCCO2)C(=O)[C@@H]1Cc2ccccc2C(=O)O1. The molecule has 1 atom stereocenters. The van der Waals surface area contributed by atoms with Crippen LogP contribution in [0.25, 0.3) is 0 Å². The van der Waals surface area contributed by atoms with Gasteiger partial charge in [0.05, 0.1) is 5.56 Å². The summed E-state index contributed by atoms with van der Waals surface area (Å²) in [4.78, 5) is 26.4. The van der Waals surface area contributed by atoms with Gasteiger partial charge in [0.1, 0.15) is 13.2 Å². The van der Waals surface area contributed by atoms with Gasteiger partial charge in [0.25, 0.3) is 5.91 Å². The van der Waals surface area contributed by atoms with Gasteiger partial charge in [0, 0.05) is 20.0 Å². The van der Waals surface area contributed by atoms with E-state index in [0.29, 0.717) is 43.2 Å². The lowest BCUT2D eigenvalue weighted by molar-refractivity contribution is -0.140. The van der Waals surface area contributed by atoms with Gasteiger partial charge in [0.2, 0.25) is 0 Å². The fraction of sp³-hybridized carbons (Fsp3) is 0.300. The lowest BCUT2D eigenvalue weighted by atomic mass is 9.98. The van der Waals surface area contributed by atoms with Gasteiger partial charge >= 0.3 is 5.97 Å². The van der Waals surface area contributed by atoms with Crippen molar-refractivity contribution in [2.45, 2.75) is 19.1 Å². The average molecular weight is 353 g/mol. The topological polar surface area (TPSA) is 65.1 Å². The molecule has 4 rings (SSSR count). The zero-order valence-electron chi connectivity index (χ0n) is 14.4. The van der Waals surface area contributed by atoms with Crippen LogP contribution in [0.4, 0.5) is 0 Å². The number of esters is 1. The normalized spacial score (nSPS) is 17.9. The van der Waals surface area contributed by atoms with Crippen LogP contribution in [-0.2, 0) is 22.5 Å². The number of nitrogens with zero attached hydrogens (tertiary/aromatic N) is 1. The van der Waals surface area contributed by atoms with Gasteiger partial charge in [-0.3, -0.25) is 4.79 Å². The number of amides is 1. The Morgan fingerprint density at radius 2 is 1.88 bits per heavy atom. The highest BCUT2D eigenvalue weighted by Gasteiger charge is 2.32. The molecule has 2 aromatic carbocycles. The zero-order chi connectivity index (χ0) is 18.1. The van der Waals surface area contributed by atoms with Crippen molar-refractivity contribution in [1.82, 2.24) is 4.90 Å². The summed E-state index contributed by atoms with van der Waals surface area (Å²) in [5.41, 5.74) is 2.30. The van der Waals surface area contributed by atoms with Gasteiger partial charge in [-0.25, -0.2) is 4.79 Å². The molecule has 0 aliphatic carbocycles. The maximum atomic E-state index is 12.7. The van der Waals surface area contributed by atoms with E-state index in [1.165, 1.54) is 0 Å². The van der Waals surface area contributed by atoms with Crippen LogP contribution in [-0.4, -0.2) is 43.1 Å². The molecule has 26 heavy (non-hydrogen) atoms. The third kappa shape index (κ3) is 3.10. The number of hydrogen-bond donors (Lipinski definition) is 0. The summed E-state index contributed by atoms with van der Waals surface area (Å²) in [6, 6.07) is 12.8. The summed E-state index contributed by atoms with van der Waals surface area (Å²) in [5, 5.41) is 0. The second kappa shape index (κ2) is 6.71. The van der Waals surface area contributed by atoms with E-state index in [0.717, 1.165) is 11.1 Å². The minimum Gasteiger partial charge on any atom is -0.486 e. The van der Waals surface area contributed by atoms with Crippen LogP contribution in [0.5, 0.6) is 11.5 Å². The van der Waals surface area contributed by atoms with Crippen LogP contribution in [0.1, 0.15) is 21.5 Å². The van der Waals surface area contributed by atoms with E-state index >= 15 is 0 Å². The van der Waals surface area contributed by atoms with Crippen LogP contribution >= 0.6 is 0 Å². The van der Waals surface area contributed by atoms with Crippen molar-refractivity contribution in [3.63, 3.8) is 0 Å². The standard InChI is InChI=1S/C20H19NO5/c1-21(12-13-6-7-16-17(10-13)25-9-8-24-16)19(22)18-11-14-4-2-3-5-15(14)20(23)26-18/h2-7,10,18H,8-9,11-12H2,1H3/t18-/m0/s1. The van der Waals surface area contributed by atoms with Gasteiger partial charge in [-0.05, 0) is 29.3 Å². The Morgan fingerprint density at radius 3 is 2.73 bits per heavy atom. The van der Waals surface area contributed by atoms with Crippen LogP contribution in [0.15, 0.2) is 42.5 Å². The van der Waals surface area contributed by atoms with Crippen molar-refractivity contribution in [3.8, 4) is 11.5 Å². The smallest absolute Gasteiger partial charge is 0.339 e. The number of rotatable bonds is 3. The van der Waals surface area contributed by atoms with Gasteiger partial charge in [-0.2, -0.15) is 0 Å². The van der Waals surface area contributed by atoms with E-state index in [1.807, 2.05) is 30.3 Å². The fourth-order valence-electron chi connectivity index (χ4n) is 3.25. The molecule has 0 N–H and O–H groups in total. The van der Waals surface area contributed by atoms with Crippen molar-refractivity contribution >= 4 is 11.9 Å². The molecule has 2 aromatic rings. The molecular weight excluding hydrogens is 334 g/mol. The highest BCUT2D eigenvalue weighted by atomic mass is 16.6. The van der Waals surface area contributed by atoms with Gasteiger partial charge in [-0.15, -0.1) is 0 Å². The molecule has 1 amide bonds. The summed E-state index contributed by atoms with van der Waals surface area (Å²) < 4.78 is 16.4. The van der Waals surface area contributed by atoms with Gasteiger partial charge < -0.3 is 19.1 Å². The van der Waals surface area contributed by atoms with Crippen molar-refractivity contribution < 1.29 is 23.8 Å². The van der Waals surface area contributed by atoms with E-state index in [2.05, 4.69) is 0 Å². The van der Waals surface area contributed by atoms with Crippen molar-refractivity contribution in [2.75, 3.05) is 20.3 Å². The van der Waals surface area contributed by atoms with E-state index in [9.17, 15) is 9.59 Å². The number of ether oxygens (including phenoxy) is 3. The summed E-state index contributed by atoms with van der Waals surface area (Å²) in [6.07, 6.45) is -0.397. The number of benzene rings is 2. The molecular formula is C20H19NO5. The molecule has 2 aliphatic rings. The predicted octanol–water partition coefficient (Wildman–Crippen LogP) is 2.20.